The highest BCUT2D eigenvalue weighted by molar-refractivity contribution is 6.30. The average molecular weight is 200 g/mol. The largest absolute Gasteiger partial charge is 0.391 e. The number of nitrogens with two attached hydrogens (primary N) is 1. The summed E-state index contributed by atoms with van der Waals surface area (Å²) in [7, 11) is 0. The molecule has 72 valence electrons. The van der Waals surface area contributed by atoms with Crippen molar-refractivity contribution in [2.45, 2.75) is 25.5 Å². The molecule has 2 atom stereocenters. The van der Waals surface area contributed by atoms with Gasteiger partial charge in [-0.15, -0.1) is 0 Å². The summed E-state index contributed by atoms with van der Waals surface area (Å²) in [5, 5.41) is 10.2. The molecule has 1 aromatic carbocycles. The fourth-order valence-corrected chi connectivity index (χ4v) is 1.39. The lowest BCUT2D eigenvalue weighted by atomic mass is 10.0. The molecule has 0 aliphatic heterocycles. The van der Waals surface area contributed by atoms with Crippen LogP contribution in [0.15, 0.2) is 24.3 Å². The van der Waals surface area contributed by atoms with Gasteiger partial charge in [-0.2, -0.15) is 0 Å². The maximum atomic E-state index is 9.50. The Kier molecular flexibility index (Phi) is 3.72. The molecule has 0 radical (unpaired) electrons. The van der Waals surface area contributed by atoms with E-state index < -0.39 is 6.10 Å². The molecule has 0 heterocycles. The summed E-state index contributed by atoms with van der Waals surface area (Å²) in [4.78, 5) is 0. The average Bonchev–Trinajstić information content (AvgIpc) is 2.15. The quantitative estimate of drug-likeness (QED) is 0.784. The molecule has 3 heteroatoms. The topological polar surface area (TPSA) is 46.2 Å². The highest BCUT2D eigenvalue weighted by atomic mass is 35.5. The van der Waals surface area contributed by atoms with E-state index in [9.17, 15) is 5.11 Å². The number of halogens is 1. The van der Waals surface area contributed by atoms with Gasteiger partial charge in [0.2, 0.25) is 0 Å². The summed E-state index contributed by atoms with van der Waals surface area (Å²) >= 11 is 5.80. The molecule has 0 saturated carbocycles. The summed E-state index contributed by atoms with van der Waals surface area (Å²) in [5.41, 5.74) is 6.69. The van der Waals surface area contributed by atoms with Crippen molar-refractivity contribution in [2.24, 2.45) is 5.73 Å². The second-order valence-corrected chi connectivity index (χ2v) is 3.49. The van der Waals surface area contributed by atoms with Gasteiger partial charge in [0.1, 0.15) is 0 Å². The number of aliphatic hydroxyl groups excluding tert-OH is 1. The van der Waals surface area contributed by atoms with E-state index in [2.05, 4.69) is 0 Å². The Morgan fingerprint density at radius 1 is 1.54 bits per heavy atom. The molecule has 0 fully saturated rings. The van der Waals surface area contributed by atoms with Crippen LogP contribution in [0.25, 0.3) is 0 Å². The summed E-state index contributed by atoms with van der Waals surface area (Å²) in [6, 6.07) is 6.93. The first-order valence-electron chi connectivity index (χ1n) is 4.34. The van der Waals surface area contributed by atoms with Gasteiger partial charge in [0.25, 0.3) is 0 Å². The molecule has 0 aliphatic rings. The zero-order chi connectivity index (χ0) is 9.84. The third kappa shape index (κ3) is 2.69. The lowest BCUT2D eigenvalue weighted by Gasteiger charge is -2.17. The Morgan fingerprint density at radius 2 is 2.23 bits per heavy atom. The maximum Gasteiger partial charge on any atom is 0.0730 e. The van der Waals surface area contributed by atoms with Crippen LogP contribution in [0.4, 0.5) is 0 Å². The van der Waals surface area contributed by atoms with E-state index in [0.717, 1.165) is 5.56 Å². The van der Waals surface area contributed by atoms with E-state index in [1.807, 2.05) is 19.1 Å². The lowest BCUT2D eigenvalue weighted by Crippen LogP contribution is -2.25. The Balaban J connectivity index is 2.82. The fraction of sp³-hybridized carbons (Fsp3) is 0.400. The molecular formula is C10H14ClNO. The second-order valence-electron chi connectivity index (χ2n) is 3.06. The van der Waals surface area contributed by atoms with Crippen molar-refractivity contribution in [1.29, 1.82) is 0 Å². The smallest absolute Gasteiger partial charge is 0.0730 e. The van der Waals surface area contributed by atoms with Crippen LogP contribution in [0, 0.1) is 0 Å². The van der Waals surface area contributed by atoms with Crippen LogP contribution in [-0.4, -0.2) is 11.2 Å². The third-order valence-electron chi connectivity index (χ3n) is 2.07. The Morgan fingerprint density at radius 3 is 2.77 bits per heavy atom. The van der Waals surface area contributed by atoms with Gasteiger partial charge in [-0.25, -0.2) is 0 Å². The van der Waals surface area contributed by atoms with Crippen LogP contribution in [0.2, 0.25) is 5.02 Å². The van der Waals surface area contributed by atoms with Crippen molar-refractivity contribution in [1.82, 2.24) is 0 Å². The predicted octanol–water partition coefficient (Wildman–Crippen LogP) is 2.11. The van der Waals surface area contributed by atoms with E-state index in [1.54, 1.807) is 12.1 Å². The fourth-order valence-electron chi connectivity index (χ4n) is 1.19. The van der Waals surface area contributed by atoms with Crippen molar-refractivity contribution >= 4 is 11.6 Å². The minimum atomic E-state index is -0.501. The van der Waals surface area contributed by atoms with Crippen molar-refractivity contribution in [3.63, 3.8) is 0 Å². The summed E-state index contributed by atoms with van der Waals surface area (Å²) in [5.74, 6) is 0. The predicted molar refractivity (Wildman–Crippen MR) is 54.7 cm³/mol. The van der Waals surface area contributed by atoms with E-state index >= 15 is 0 Å². The number of benzene rings is 1. The van der Waals surface area contributed by atoms with Crippen molar-refractivity contribution < 1.29 is 5.11 Å². The first-order valence-corrected chi connectivity index (χ1v) is 4.72. The number of hydrogen-bond donors (Lipinski definition) is 2. The molecule has 13 heavy (non-hydrogen) atoms. The molecular weight excluding hydrogens is 186 g/mol. The molecule has 1 aromatic rings. The standard InChI is InChI=1S/C10H14ClNO/c1-2-9(13)10(12)7-4-3-5-8(11)6-7/h3-6,9-10,13H,2,12H2,1H3. The zero-order valence-electron chi connectivity index (χ0n) is 7.57. The highest BCUT2D eigenvalue weighted by Gasteiger charge is 2.14. The number of aliphatic hydroxyl groups is 1. The monoisotopic (exact) mass is 199 g/mol. The zero-order valence-corrected chi connectivity index (χ0v) is 8.33. The van der Waals surface area contributed by atoms with Gasteiger partial charge in [-0.3, -0.25) is 0 Å². The molecule has 0 amide bonds. The van der Waals surface area contributed by atoms with Gasteiger partial charge in [-0.05, 0) is 24.1 Å². The van der Waals surface area contributed by atoms with Gasteiger partial charge in [0.05, 0.1) is 12.1 Å². The molecule has 2 unspecified atom stereocenters. The van der Waals surface area contributed by atoms with Crippen molar-refractivity contribution in [3.8, 4) is 0 Å². The second kappa shape index (κ2) is 4.61. The Hall–Kier alpha value is -0.570. The molecule has 3 N–H and O–H groups in total. The molecule has 0 aliphatic carbocycles. The number of rotatable bonds is 3. The third-order valence-corrected chi connectivity index (χ3v) is 2.30. The van der Waals surface area contributed by atoms with Crippen LogP contribution in [0.3, 0.4) is 0 Å². The van der Waals surface area contributed by atoms with Gasteiger partial charge in [0.15, 0.2) is 0 Å². The Labute approximate surface area is 83.3 Å². The first kappa shape index (κ1) is 10.5. The Bertz CT molecular complexity index is 277. The van der Waals surface area contributed by atoms with Crippen LogP contribution < -0.4 is 5.73 Å². The maximum absolute atomic E-state index is 9.50. The van der Waals surface area contributed by atoms with Crippen molar-refractivity contribution in [3.05, 3.63) is 34.9 Å². The van der Waals surface area contributed by atoms with E-state index in [-0.39, 0.29) is 6.04 Å². The lowest BCUT2D eigenvalue weighted by molar-refractivity contribution is 0.141. The SMILES string of the molecule is CCC(O)C(N)c1cccc(Cl)c1. The molecule has 1 rings (SSSR count). The minimum absolute atomic E-state index is 0.344. The van der Waals surface area contributed by atoms with Crippen LogP contribution in [0.1, 0.15) is 24.9 Å². The van der Waals surface area contributed by atoms with Gasteiger partial charge in [0, 0.05) is 5.02 Å². The first-order chi connectivity index (χ1) is 6.15. The molecule has 0 aromatic heterocycles. The van der Waals surface area contributed by atoms with Gasteiger partial charge < -0.3 is 10.8 Å². The number of hydrogen-bond acceptors (Lipinski definition) is 2. The van der Waals surface area contributed by atoms with Crippen LogP contribution >= 0.6 is 11.6 Å². The molecule has 0 bridgehead atoms. The highest BCUT2D eigenvalue weighted by Crippen LogP contribution is 2.19. The van der Waals surface area contributed by atoms with E-state index in [4.69, 9.17) is 17.3 Å². The van der Waals surface area contributed by atoms with E-state index in [0.29, 0.717) is 11.4 Å². The van der Waals surface area contributed by atoms with E-state index in [1.165, 1.54) is 0 Å². The van der Waals surface area contributed by atoms with Crippen LogP contribution in [0.5, 0.6) is 0 Å². The summed E-state index contributed by atoms with van der Waals surface area (Å²) < 4.78 is 0. The van der Waals surface area contributed by atoms with Crippen molar-refractivity contribution in [2.75, 3.05) is 0 Å². The summed E-state index contributed by atoms with van der Waals surface area (Å²) in [6.45, 7) is 1.90. The molecule has 0 spiro atoms. The van der Waals surface area contributed by atoms with Gasteiger partial charge >= 0.3 is 0 Å². The minimum Gasteiger partial charge on any atom is -0.391 e. The molecule has 0 saturated heterocycles. The van der Waals surface area contributed by atoms with Gasteiger partial charge in [-0.1, -0.05) is 30.7 Å². The molecule has 2 nitrogen and oxygen atoms in total. The summed E-state index contributed by atoms with van der Waals surface area (Å²) in [6.07, 6.45) is 0.145. The van der Waals surface area contributed by atoms with Crippen LogP contribution in [-0.2, 0) is 0 Å². The normalized spacial score (nSPS) is 15.4.